The van der Waals surface area contributed by atoms with Gasteiger partial charge in [-0.1, -0.05) is 97.5 Å². The smallest absolute Gasteiger partial charge is 0.131 e. The van der Waals surface area contributed by atoms with Gasteiger partial charge in [0.1, 0.15) is 12.0 Å². The van der Waals surface area contributed by atoms with Gasteiger partial charge in [-0.2, -0.15) is 0 Å². The number of aromatic nitrogens is 1. The van der Waals surface area contributed by atoms with E-state index in [0.717, 1.165) is 30.7 Å². The van der Waals surface area contributed by atoms with Crippen molar-refractivity contribution in [1.82, 2.24) is 15.2 Å². The summed E-state index contributed by atoms with van der Waals surface area (Å²) >= 11 is 0. The average molecular weight is 714 g/mol. The number of amidine groups is 1. The molecule has 8 atom stereocenters. The van der Waals surface area contributed by atoms with Crippen LogP contribution in [-0.2, 0) is 19.3 Å². The van der Waals surface area contributed by atoms with Gasteiger partial charge in [-0.05, 0) is 124 Å². The molecule has 3 aromatic rings. The molecule has 0 saturated carbocycles. The lowest BCUT2D eigenvalue weighted by Gasteiger charge is -2.41. The van der Waals surface area contributed by atoms with E-state index in [4.69, 9.17) is 4.99 Å². The Morgan fingerprint density at radius 2 is 1.65 bits per heavy atom. The lowest BCUT2D eigenvalue weighted by Crippen LogP contribution is -2.56. The van der Waals surface area contributed by atoms with E-state index in [1.54, 1.807) is 11.3 Å². The van der Waals surface area contributed by atoms with E-state index >= 15 is 0 Å². The van der Waals surface area contributed by atoms with Crippen molar-refractivity contribution < 1.29 is 0 Å². The number of allylic oxidation sites excluding steroid dienone is 7. The van der Waals surface area contributed by atoms with Crippen LogP contribution in [0.5, 0.6) is 0 Å². The Labute approximate surface area is 322 Å². The van der Waals surface area contributed by atoms with Crippen LogP contribution in [0.15, 0.2) is 108 Å². The number of fused-ring (bicyclic) bond motifs is 6. The van der Waals surface area contributed by atoms with Crippen molar-refractivity contribution in [3.05, 3.63) is 147 Å². The molecule has 1 fully saturated rings. The fourth-order valence-electron chi connectivity index (χ4n) is 11.5. The van der Waals surface area contributed by atoms with E-state index in [-0.39, 0.29) is 18.2 Å². The quantitative estimate of drug-likeness (QED) is 0.259. The Balaban J connectivity index is 0.993. The van der Waals surface area contributed by atoms with Gasteiger partial charge in [-0.3, -0.25) is 5.32 Å². The number of nitrogens with one attached hydrogen (secondary N) is 2. The van der Waals surface area contributed by atoms with Crippen molar-refractivity contribution in [2.45, 2.75) is 103 Å². The molecule has 0 bridgehead atoms. The van der Waals surface area contributed by atoms with Crippen LogP contribution in [0, 0.1) is 37.5 Å². The summed E-state index contributed by atoms with van der Waals surface area (Å²) in [5.74, 6) is 2.70. The molecular formula is C49H55N5. The van der Waals surface area contributed by atoms with Crippen LogP contribution in [0.25, 0.3) is 11.8 Å². The van der Waals surface area contributed by atoms with E-state index in [0.29, 0.717) is 29.8 Å². The summed E-state index contributed by atoms with van der Waals surface area (Å²) in [6.45, 7) is 9.40. The molecule has 2 aromatic carbocycles. The van der Waals surface area contributed by atoms with Crippen molar-refractivity contribution in [2.24, 2.45) is 28.7 Å². The Bertz CT molecular complexity index is 2170. The molecule has 1 saturated heterocycles. The topological polar surface area (TPSA) is 44.6 Å². The third kappa shape index (κ3) is 5.56. The molecular weight excluding hydrogens is 659 g/mol. The summed E-state index contributed by atoms with van der Waals surface area (Å²) in [6.07, 6.45) is 33.7. The molecule has 5 aliphatic carbocycles. The number of nitrogens with zero attached hydrogens (tertiary/aromatic N) is 3. The highest BCUT2D eigenvalue weighted by molar-refractivity contribution is 5.99. The minimum absolute atomic E-state index is 0.0222. The van der Waals surface area contributed by atoms with E-state index < -0.39 is 0 Å². The number of aryl methyl sites for hydroxylation is 2. The van der Waals surface area contributed by atoms with Gasteiger partial charge in [0.15, 0.2) is 0 Å². The zero-order valence-corrected chi connectivity index (χ0v) is 32.4. The Hall–Kier alpha value is -4.61. The van der Waals surface area contributed by atoms with Crippen LogP contribution in [0.2, 0.25) is 0 Å². The number of anilines is 1. The largest absolute Gasteiger partial charge is 0.361 e. The molecule has 5 nitrogen and oxygen atoms in total. The lowest BCUT2D eigenvalue weighted by atomic mass is 9.80. The molecule has 54 heavy (non-hydrogen) atoms. The van der Waals surface area contributed by atoms with E-state index in [1.165, 1.54) is 77.0 Å². The highest BCUT2D eigenvalue weighted by Crippen LogP contribution is 2.47. The zero-order valence-electron chi connectivity index (χ0n) is 32.4. The van der Waals surface area contributed by atoms with Gasteiger partial charge in [-0.25, -0.2) is 4.99 Å². The number of benzene rings is 2. The molecule has 1 aromatic heterocycles. The van der Waals surface area contributed by atoms with Gasteiger partial charge in [0.2, 0.25) is 0 Å². The maximum atomic E-state index is 5.46. The summed E-state index contributed by atoms with van der Waals surface area (Å²) in [5, 5.41) is 8.01. The van der Waals surface area contributed by atoms with Crippen molar-refractivity contribution in [3.8, 4) is 0 Å². The summed E-state index contributed by atoms with van der Waals surface area (Å²) in [4.78, 5) is 8.20. The first kappa shape index (κ1) is 33.9. The molecule has 276 valence electrons. The standard InChI is InChI=1S/C49H55N5/c1-30-26-35(53-41-22-12-8-18-37(41)38-19-9-13-23-42(38)53)27-31(2)45(30)48-50-47(34-16-6-5-7-17-34)51-49(52-48)46-32(3)28-36(29-33(46)4)54-43-24-14-10-20-39(43)40-21-11-15-25-44(40)54/h5-10,12,16-20,22,26-29,32,37-38,41-42,46,48-49,52H,11,13-15,21,23-25H2,1-4H3,(H,50,51). The van der Waals surface area contributed by atoms with Crippen LogP contribution in [-0.4, -0.2) is 28.7 Å². The molecule has 0 radical (unpaired) electrons. The molecule has 0 spiro atoms. The highest BCUT2D eigenvalue weighted by atomic mass is 15.3. The second kappa shape index (κ2) is 13.6. The molecule has 3 heterocycles. The fraction of sp³-hybridized carbons (Fsp3) is 0.408. The Morgan fingerprint density at radius 1 is 0.833 bits per heavy atom. The second-order valence-corrected chi connectivity index (χ2v) is 17.1. The first-order valence-electron chi connectivity index (χ1n) is 20.8. The van der Waals surface area contributed by atoms with Gasteiger partial charge in [0.25, 0.3) is 0 Å². The van der Waals surface area contributed by atoms with Gasteiger partial charge in [0.05, 0.1) is 12.2 Å². The minimum atomic E-state index is -0.157. The molecule has 2 N–H and O–H groups in total. The molecule has 7 aliphatic rings. The second-order valence-electron chi connectivity index (χ2n) is 17.1. The van der Waals surface area contributed by atoms with Crippen molar-refractivity contribution in [3.63, 3.8) is 0 Å². The van der Waals surface area contributed by atoms with Crippen LogP contribution < -0.4 is 15.5 Å². The van der Waals surface area contributed by atoms with E-state index in [1.807, 2.05) is 0 Å². The summed E-state index contributed by atoms with van der Waals surface area (Å²) in [7, 11) is 0. The number of hydrogen-bond acceptors (Lipinski definition) is 4. The average Bonchev–Trinajstić information content (AvgIpc) is 3.71. The van der Waals surface area contributed by atoms with Crippen LogP contribution in [0.4, 0.5) is 5.69 Å². The first-order chi connectivity index (χ1) is 26.4. The number of aliphatic imine (C=N–C) groups is 1. The van der Waals surface area contributed by atoms with Gasteiger partial charge >= 0.3 is 0 Å². The molecule has 5 heteroatoms. The normalized spacial score (nSPS) is 30.8. The van der Waals surface area contributed by atoms with Crippen molar-refractivity contribution in [1.29, 1.82) is 0 Å². The summed E-state index contributed by atoms with van der Waals surface area (Å²) in [6, 6.07) is 16.6. The third-order valence-corrected chi connectivity index (χ3v) is 13.8. The molecule has 10 rings (SSSR count). The van der Waals surface area contributed by atoms with Crippen molar-refractivity contribution in [2.75, 3.05) is 4.90 Å². The van der Waals surface area contributed by atoms with Gasteiger partial charge in [-0.15, -0.1) is 0 Å². The van der Waals surface area contributed by atoms with Crippen molar-refractivity contribution >= 4 is 23.3 Å². The Morgan fingerprint density at radius 3 is 2.48 bits per heavy atom. The third-order valence-electron chi connectivity index (χ3n) is 13.8. The maximum Gasteiger partial charge on any atom is 0.131 e. The predicted molar refractivity (Wildman–Crippen MR) is 224 cm³/mol. The van der Waals surface area contributed by atoms with Crippen LogP contribution in [0.1, 0.15) is 96.9 Å². The van der Waals surface area contributed by atoms with Crippen LogP contribution >= 0.6 is 0 Å². The monoisotopic (exact) mass is 713 g/mol. The van der Waals surface area contributed by atoms with Crippen LogP contribution in [0.3, 0.4) is 0 Å². The maximum absolute atomic E-state index is 5.46. The molecule has 8 unspecified atom stereocenters. The number of rotatable bonds is 5. The molecule has 0 amide bonds. The number of hydrogen-bond donors (Lipinski definition) is 2. The molecule has 2 aliphatic heterocycles. The SMILES string of the molecule is CC1=CC(n2c3c(c4c2CCCC4)C=CCC3)=CC(C)C1C1NC(c2ccccc2)=NC(c2c(C)cc(N3C4C=CC=CC4C4C=CCCC43)cc2C)N1. The summed E-state index contributed by atoms with van der Waals surface area (Å²) in [5.41, 5.74) is 15.4. The minimum Gasteiger partial charge on any atom is -0.361 e. The first-order valence-corrected chi connectivity index (χ1v) is 20.8. The summed E-state index contributed by atoms with van der Waals surface area (Å²) < 4.78 is 2.67. The fourth-order valence-corrected chi connectivity index (χ4v) is 11.5. The van der Waals surface area contributed by atoms with Gasteiger partial charge < -0.3 is 14.8 Å². The highest BCUT2D eigenvalue weighted by Gasteiger charge is 2.47. The zero-order chi connectivity index (χ0) is 36.5. The lowest BCUT2D eigenvalue weighted by molar-refractivity contribution is 0.278. The van der Waals surface area contributed by atoms with E-state index in [9.17, 15) is 0 Å². The van der Waals surface area contributed by atoms with E-state index in [2.05, 4.69) is 151 Å². The Kier molecular flexibility index (Phi) is 8.54. The van der Waals surface area contributed by atoms with Gasteiger partial charge in [0, 0.05) is 52.1 Å². The predicted octanol–water partition coefficient (Wildman–Crippen LogP) is 9.93.